The van der Waals surface area contributed by atoms with Crippen molar-refractivity contribution < 1.29 is 28.6 Å². The first-order valence-corrected chi connectivity index (χ1v) is 29.2. The lowest BCUT2D eigenvalue weighted by Crippen LogP contribution is -2.55. The average molecular weight is 1130 g/mol. The van der Waals surface area contributed by atoms with Gasteiger partial charge in [-0.15, -0.1) is 0 Å². The fourth-order valence-corrected chi connectivity index (χ4v) is 10.6. The molecule has 79 heavy (non-hydrogen) atoms. The number of hydrogen-bond acceptors (Lipinski definition) is 14. The third-order valence-corrected chi connectivity index (χ3v) is 15.0. The molecule has 0 aromatic heterocycles. The topological polar surface area (TPSA) is 163 Å². The summed E-state index contributed by atoms with van der Waals surface area (Å²) in [5, 5.41) is 1.56. The molecule has 4 aliphatic rings. The van der Waals surface area contributed by atoms with E-state index in [-0.39, 0.29) is 42.4 Å². The van der Waals surface area contributed by atoms with Crippen molar-refractivity contribution in [2.24, 2.45) is 16.6 Å². The van der Waals surface area contributed by atoms with E-state index in [1.54, 1.807) is 11.6 Å². The lowest BCUT2D eigenvalue weighted by atomic mass is 9.86. The van der Waals surface area contributed by atoms with Crippen molar-refractivity contribution in [3.8, 4) is 0 Å². The minimum atomic E-state index is -0.465. The van der Waals surface area contributed by atoms with E-state index >= 15 is 0 Å². The molecule has 3 amide bonds. The SMILES string of the molecule is CC1=CC(N=CC=S)C(C)C(CN2CCN(C(=O)OC(C)(C)C)[C@@H](C)C2)=C1.Cc1cc(CC(=S)CN)c(C)c(CN2CCN(C(=O)OC(C)(C)C)[C@@H](C)C2)c1.Cc1cc(N)c(C)c(CN2CCN(C(=O)OC(C)(C)C)[C@@H](C)C2)c1. The summed E-state index contributed by atoms with van der Waals surface area (Å²) in [6.07, 6.45) is 6.30. The van der Waals surface area contributed by atoms with Gasteiger partial charge in [0, 0.05) is 138 Å². The second-order valence-electron chi connectivity index (χ2n) is 25.4. The number of aryl methyl sites for hydroxylation is 2. The number of thiocarbonyl (C=S) groups is 2. The Labute approximate surface area is 486 Å². The van der Waals surface area contributed by atoms with Crippen molar-refractivity contribution in [1.82, 2.24) is 29.4 Å². The lowest BCUT2D eigenvalue weighted by Gasteiger charge is -2.41. The molecule has 0 bridgehead atoms. The number of nitrogen functional groups attached to an aromatic ring is 1. The zero-order valence-electron chi connectivity index (χ0n) is 51.5. The Morgan fingerprint density at radius 1 is 0.620 bits per heavy atom. The summed E-state index contributed by atoms with van der Waals surface area (Å²) in [5.41, 5.74) is 22.6. The summed E-state index contributed by atoms with van der Waals surface area (Å²) >= 11 is 10.2. The van der Waals surface area contributed by atoms with E-state index in [1.165, 1.54) is 44.5 Å². The number of hydrogen-bond donors (Lipinski definition) is 2. The number of benzene rings is 2. The van der Waals surface area contributed by atoms with Crippen LogP contribution in [-0.4, -0.2) is 177 Å². The summed E-state index contributed by atoms with van der Waals surface area (Å²) in [5.74, 6) is 0.346. The number of aliphatic imine (C=N–C) groups is 1. The first kappa shape index (κ1) is 66.7. The molecule has 2 aromatic rings. The van der Waals surface area contributed by atoms with Crippen molar-refractivity contribution in [2.75, 3.05) is 77.7 Å². The van der Waals surface area contributed by atoms with Crippen LogP contribution in [0.25, 0.3) is 0 Å². The van der Waals surface area contributed by atoms with Gasteiger partial charge in [-0.3, -0.25) is 19.7 Å². The summed E-state index contributed by atoms with van der Waals surface area (Å²) in [4.78, 5) is 55.3. The molecule has 3 fully saturated rings. The standard InChI is InChI=1S/C22H35N3O2S.C21H33N3O2S.C19H31N3O2/c1-15-9-18(11-20(28)12-23)17(3)19(10-15)14-24-7-8-25(16(2)13-24)21(26)27-22(4,5)6;1-15-11-18(17(3)19(12-15)22-7-10-27)14-23-8-9-24(16(2)13-23)20(25)26-21(4,5)6;1-13-9-16(15(3)17(20)10-13)12-21-7-8-22(14(2)11-21)18(23)24-19(4,5)6/h9-10,16H,7-8,11-14,23H2,1-6H3;7,10-12,16-17,19H,8-9,13-14H2,1-6H3;9-10,14H,7-8,11-12,20H2,1-6H3/t16-;16-,17?,19?;14-/m000/s1. The van der Waals surface area contributed by atoms with Gasteiger partial charge in [0.1, 0.15) is 16.8 Å². The van der Waals surface area contributed by atoms with E-state index < -0.39 is 16.8 Å². The van der Waals surface area contributed by atoms with Crippen molar-refractivity contribution in [1.29, 1.82) is 0 Å². The van der Waals surface area contributed by atoms with Crippen LogP contribution in [0.5, 0.6) is 0 Å². The number of rotatable bonds is 11. The maximum Gasteiger partial charge on any atom is 0.410 e. The van der Waals surface area contributed by atoms with Crippen LogP contribution in [0.1, 0.15) is 136 Å². The average Bonchev–Trinajstić information content (AvgIpc) is 3.32. The highest BCUT2D eigenvalue weighted by Crippen LogP contribution is 2.29. The fraction of sp³-hybridized carbons (Fsp3) is 0.645. The summed E-state index contributed by atoms with van der Waals surface area (Å²) in [7, 11) is 0. The molecule has 3 saturated heterocycles. The molecule has 1 aliphatic carbocycles. The number of allylic oxidation sites excluding steroid dienone is 2. The van der Waals surface area contributed by atoms with Crippen LogP contribution in [0.2, 0.25) is 0 Å². The molecule has 3 heterocycles. The number of carbonyl (C=O) groups is 3. The van der Waals surface area contributed by atoms with Gasteiger partial charge in [-0.1, -0.05) is 78.4 Å². The van der Waals surface area contributed by atoms with Crippen molar-refractivity contribution in [3.05, 3.63) is 86.5 Å². The Kier molecular flexibility index (Phi) is 24.7. The molecule has 2 aromatic carbocycles. The first-order valence-electron chi connectivity index (χ1n) is 28.3. The van der Waals surface area contributed by atoms with Crippen LogP contribution in [0, 0.1) is 33.6 Å². The Balaban J connectivity index is 0.000000256. The number of ether oxygens (including phenoxy) is 3. The van der Waals surface area contributed by atoms with Crippen LogP contribution in [-0.2, 0) is 33.7 Å². The quantitative estimate of drug-likeness (QED) is 0.0947. The smallest absolute Gasteiger partial charge is 0.410 e. The van der Waals surface area contributed by atoms with Gasteiger partial charge in [0.05, 0.1) is 6.04 Å². The second kappa shape index (κ2) is 29.3. The molecule has 6 rings (SSSR count). The minimum absolute atomic E-state index is 0.123. The van der Waals surface area contributed by atoms with Gasteiger partial charge in [0.25, 0.3) is 0 Å². The summed E-state index contributed by atoms with van der Waals surface area (Å²) in [6.45, 7) is 46.4. The van der Waals surface area contributed by atoms with Gasteiger partial charge in [-0.05, 0) is 157 Å². The van der Waals surface area contributed by atoms with Gasteiger partial charge in [0.15, 0.2) is 0 Å². The molecule has 2 unspecified atom stereocenters. The number of anilines is 1. The van der Waals surface area contributed by atoms with Crippen molar-refractivity contribution in [3.63, 3.8) is 0 Å². The summed E-state index contributed by atoms with van der Waals surface area (Å²) in [6, 6.07) is 9.23. The fourth-order valence-electron chi connectivity index (χ4n) is 10.4. The molecular formula is C62H99N9O6S2. The third kappa shape index (κ3) is 21.6. The molecule has 15 nitrogen and oxygen atoms in total. The van der Waals surface area contributed by atoms with Crippen LogP contribution >= 0.6 is 24.4 Å². The highest BCUT2D eigenvalue weighted by molar-refractivity contribution is 7.80. The highest BCUT2D eigenvalue weighted by Gasteiger charge is 2.35. The molecule has 0 spiro atoms. The first-order chi connectivity index (χ1) is 36.7. The zero-order valence-corrected chi connectivity index (χ0v) is 53.1. The molecule has 440 valence electrons. The minimum Gasteiger partial charge on any atom is -0.444 e. The zero-order chi connectivity index (χ0) is 59.3. The number of carbonyl (C=O) groups excluding carboxylic acids is 3. The predicted molar refractivity (Wildman–Crippen MR) is 333 cm³/mol. The van der Waals surface area contributed by atoms with Crippen LogP contribution < -0.4 is 11.5 Å². The van der Waals surface area contributed by atoms with E-state index in [1.807, 2.05) is 83.1 Å². The van der Waals surface area contributed by atoms with E-state index in [2.05, 4.69) is 112 Å². The maximum atomic E-state index is 12.4. The molecule has 0 radical (unpaired) electrons. The van der Waals surface area contributed by atoms with Crippen LogP contribution in [0.4, 0.5) is 20.1 Å². The number of nitrogens with two attached hydrogens (primary N) is 2. The van der Waals surface area contributed by atoms with Gasteiger partial charge < -0.3 is 40.4 Å². The predicted octanol–water partition coefficient (Wildman–Crippen LogP) is 10.8. The van der Waals surface area contributed by atoms with E-state index in [0.717, 1.165) is 81.4 Å². The Hall–Kier alpha value is -4.78. The molecular weight excluding hydrogens is 1030 g/mol. The second-order valence-corrected chi connectivity index (χ2v) is 26.2. The molecule has 3 aliphatic heterocycles. The normalized spacial score (nSPS) is 21.7. The van der Waals surface area contributed by atoms with Crippen molar-refractivity contribution in [2.45, 2.75) is 185 Å². The van der Waals surface area contributed by atoms with Gasteiger partial charge in [-0.2, -0.15) is 0 Å². The molecule has 5 atom stereocenters. The molecule has 17 heteroatoms. The van der Waals surface area contributed by atoms with Crippen LogP contribution in [0.3, 0.4) is 0 Å². The summed E-state index contributed by atoms with van der Waals surface area (Å²) < 4.78 is 16.6. The van der Waals surface area contributed by atoms with Gasteiger partial charge >= 0.3 is 18.3 Å². The largest absolute Gasteiger partial charge is 0.444 e. The van der Waals surface area contributed by atoms with Gasteiger partial charge in [-0.25, -0.2) is 14.4 Å². The Morgan fingerprint density at radius 3 is 1.41 bits per heavy atom. The van der Waals surface area contributed by atoms with E-state index in [9.17, 15) is 14.4 Å². The Morgan fingerprint density at radius 2 is 1.01 bits per heavy atom. The lowest BCUT2D eigenvalue weighted by molar-refractivity contribution is -0.000445. The number of amides is 3. The van der Waals surface area contributed by atoms with E-state index in [0.29, 0.717) is 32.1 Å². The van der Waals surface area contributed by atoms with Gasteiger partial charge in [0.2, 0.25) is 0 Å². The van der Waals surface area contributed by atoms with Crippen LogP contribution in [0.15, 0.2) is 52.6 Å². The van der Waals surface area contributed by atoms with Crippen molar-refractivity contribution >= 4 is 64.8 Å². The molecule has 0 saturated carbocycles. The highest BCUT2D eigenvalue weighted by atomic mass is 32.1. The molecule has 4 N–H and O–H groups in total. The monoisotopic (exact) mass is 1130 g/mol. The van der Waals surface area contributed by atoms with E-state index in [4.69, 9.17) is 50.1 Å². The maximum absolute atomic E-state index is 12.4. The number of nitrogens with zero attached hydrogens (tertiary/aromatic N) is 7. The third-order valence-electron chi connectivity index (χ3n) is 14.6. The Bertz CT molecular complexity index is 2530. The number of piperazine rings is 3.